The van der Waals surface area contributed by atoms with E-state index in [4.69, 9.17) is 14.2 Å². The summed E-state index contributed by atoms with van der Waals surface area (Å²) in [7, 11) is 0. The molecule has 3 aromatic carbocycles. The molecule has 12 nitrogen and oxygen atoms in total. The van der Waals surface area contributed by atoms with Gasteiger partial charge in [-0.2, -0.15) is 0 Å². The summed E-state index contributed by atoms with van der Waals surface area (Å²) in [5.41, 5.74) is -1.31. The molecule has 0 bridgehead atoms. The first-order valence-corrected chi connectivity index (χ1v) is 18.3. The number of nitrogens with one attached hydrogen (secondary N) is 2. The number of piperazine rings is 1. The second kappa shape index (κ2) is 17.5. The number of carbonyl (C=O) groups excluding carboxylic acids is 4. The number of amides is 4. The minimum absolute atomic E-state index is 0.0230. The highest BCUT2D eigenvalue weighted by Gasteiger charge is 2.44. The highest BCUT2D eigenvalue weighted by atomic mass is 19.2. The van der Waals surface area contributed by atoms with E-state index in [0.717, 1.165) is 28.5 Å². The topological polar surface area (TPSA) is 139 Å². The fraction of sp³-hybridized carbons (Fsp3) is 0.488. The maximum Gasteiger partial charge on any atom is 0.414 e. The molecule has 298 valence electrons. The number of alkyl carbamates (subject to hydrolysis) is 2. The second-order valence-corrected chi connectivity index (χ2v) is 16.5. The van der Waals surface area contributed by atoms with Gasteiger partial charge in [0.15, 0.2) is 11.6 Å². The number of halogens is 2. The van der Waals surface area contributed by atoms with Crippen molar-refractivity contribution in [3.63, 3.8) is 0 Å². The lowest BCUT2D eigenvalue weighted by Crippen LogP contribution is -2.64. The van der Waals surface area contributed by atoms with Crippen molar-refractivity contribution in [2.24, 2.45) is 4.99 Å². The van der Waals surface area contributed by atoms with E-state index in [2.05, 4.69) is 15.6 Å². The predicted molar refractivity (Wildman–Crippen MR) is 205 cm³/mol. The van der Waals surface area contributed by atoms with E-state index >= 15 is 0 Å². The number of aliphatic imine (C=N–C) groups is 1. The molecule has 4 rings (SSSR count). The van der Waals surface area contributed by atoms with E-state index in [1.54, 1.807) is 67.2 Å². The van der Waals surface area contributed by atoms with Crippen LogP contribution in [0.3, 0.4) is 0 Å². The molecule has 4 amide bonds. The zero-order chi connectivity index (χ0) is 40.7. The van der Waals surface area contributed by atoms with E-state index in [1.165, 1.54) is 11.0 Å². The van der Waals surface area contributed by atoms with Gasteiger partial charge in [0.2, 0.25) is 11.9 Å². The Morgan fingerprint density at radius 1 is 0.764 bits per heavy atom. The van der Waals surface area contributed by atoms with E-state index in [0.29, 0.717) is 18.4 Å². The molecule has 14 heteroatoms. The molecule has 0 unspecified atom stereocenters. The van der Waals surface area contributed by atoms with Crippen molar-refractivity contribution in [2.45, 2.75) is 117 Å². The van der Waals surface area contributed by atoms with Crippen molar-refractivity contribution in [1.29, 1.82) is 0 Å². The van der Waals surface area contributed by atoms with Gasteiger partial charge in [0.05, 0.1) is 6.04 Å². The third-order valence-corrected chi connectivity index (χ3v) is 8.17. The molecule has 0 radical (unpaired) electrons. The van der Waals surface area contributed by atoms with Gasteiger partial charge in [0.25, 0.3) is 0 Å². The zero-order valence-corrected chi connectivity index (χ0v) is 33.1. The summed E-state index contributed by atoms with van der Waals surface area (Å²) in [5, 5.41) is 6.91. The van der Waals surface area contributed by atoms with E-state index < -0.39 is 58.8 Å². The molecule has 0 spiro atoms. The van der Waals surface area contributed by atoms with Gasteiger partial charge in [-0.25, -0.2) is 23.2 Å². The Kier molecular flexibility index (Phi) is 13.5. The smallest absolute Gasteiger partial charge is 0.414 e. The van der Waals surface area contributed by atoms with E-state index in [1.807, 2.05) is 42.5 Å². The summed E-state index contributed by atoms with van der Waals surface area (Å²) in [6, 6.07) is 15.6. The van der Waals surface area contributed by atoms with Gasteiger partial charge in [0, 0.05) is 26.1 Å². The van der Waals surface area contributed by atoms with Gasteiger partial charge in [-0.1, -0.05) is 48.5 Å². The SMILES string of the molecule is CC(C)(C)OC(=O)NC(=NCCC[C@@H]1CN(Cc2ccc(F)c(F)c2)C(=O)[C@@H](Cc2ccc3ccccc3c2)N1C(=O)OC(C)(C)C)NC(=O)OC(C)(C)C. The van der Waals surface area contributed by atoms with Crippen LogP contribution in [0.2, 0.25) is 0 Å². The second-order valence-electron chi connectivity index (χ2n) is 16.5. The maximum atomic E-state index is 14.4. The van der Waals surface area contributed by atoms with Crippen molar-refractivity contribution in [3.05, 3.63) is 83.4 Å². The normalized spacial score (nSPS) is 16.4. The Hall–Kier alpha value is -5.27. The van der Waals surface area contributed by atoms with Crippen LogP contribution in [0.1, 0.15) is 86.3 Å². The Balaban J connectivity index is 1.66. The summed E-state index contributed by atoms with van der Waals surface area (Å²) >= 11 is 0. The molecule has 2 atom stereocenters. The Morgan fingerprint density at radius 2 is 1.35 bits per heavy atom. The van der Waals surface area contributed by atoms with Crippen molar-refractivity contribution in [2.75, 3.05) is 13.1 Å². The van der Waals surface area contributed by atoms with Crippen LogP contribution in [-0.4, -0.2) is 81.9 Å². The van der Waals surface area contributed by atoms with Crippen molar-refractivity contribution >= 4 is 40.9 Å². The maximum absolute atomic E-state index is 14.4. The molecule has 1 aliphatic rings. The van der Waals surface area contributed by atoms with E-state index in [9.17, 15) is 28.0 Å². The molecule has 1 heterocycles. The molecule has 1 aliphatic heterocycles. The molecule has 3 aromatic rings. The summed E-state index contributed by atoms with van der Waals surface area (Å²) in [6.07, 6.45) is -1.55. The predicted octanol–water partition coefficient (Wildman–Crippen LogP) is 7.86. The number of hydrogen-bond acceptors (Lipinski definition) is 8. The lowest BCUT2D eigenvalue weighted by atomic mass is 9.94. The number of nitrogens with zero attached hydrogens (tertiary/aromatic N) is 3. The lowest BCUT2D eigenvalue weighted by molar-refractivity contribution is -0.145. The molecular weight excluding hydrogens is 712 g/mol. The molecule has 0 aliphatic carbocycles. The average molecular weight is 766 g/mol. The Bertz CT molecular complexity index is 1870. The van der Waals surface area contributed by atoms with Gasteiger partial charge in [-0.05, 0) is 109 Å². The van der Waals surface area contributed by atoms with Crippen LogP contribution in [0.25, 0.3) is 10.8 Å². The average Bonchev–Trinajstić information content (AvgIpc) is 3.04. The largest absolute Gasteiger partial charge is 0.444 e. The van der Waals surface area contributed by atoms with Crippen molar-refractivity contribution in [1.82, 2.24) is 20.4 Å². The van der Waals surface area contributed by atoms with Gasteiger partial charge in [-0.3, -0.25) is 25.3 Å². The van der Waals surface area contributed by atoms with Crippen LogP contribution in [-0.2, 0) is 32.0 Å². The van der Waals surface area contributed by atoms with Crippen molar-refractivity contribution in [3.8, 4) is 0 Å². The molecule has 1 saturated heterocycles. The minimum atomic E-state index is -1.03. The highest BCUT2D eigenvalue weighted by Crippen LogP contribution is 2.29. The number of ether oxygens (including phenoxy) is 3. The quantitative estimate of drug-likeness (QED) is 0.103. The van der Waals surface area contributed by atoms with Crippen molar-refractivity contribution < 1.29 is 42.2 Å². The Morgan fingerprint density at radius 3 is 1.93 bits per heavy atom. The summed E-state index contributed by atoms with van der Waals surface area (Å²) in [6.45, 7) is 15.5. The van der Waals surface area contributed by atoms with E-state index in [-0.39, 0.29) is 37.9 Å². The zero-order valence-electron chi connectivity index (χ0n) is 33.1. The number of carbonyl (C=O) groups is 4. The number of rotatable bonds is 8. The first kappa shape index (κ1) is 42.5. The third kappa shape index (κ3) is 13.2. The first-order valence-electron chi connectivity index (χ1n) is 18.3. The number of hydrogen-bond donors (Lipinski definition) is 2. The van der Waals surface area contributed by atoms with Crippen LogP contribution >= 0.6 is 0 Å². The van der Waals surface area contributed by atoms with Crippen LogP contribution < -0.4 is 10.6 Å². The summed E-state index contributed by atoms with van der Waals surface area (Å²) < 4.78 is 44.7. The number of guanidine groups is 1. The molecule has 0 aromatic heterocycles. The standard InChI is InChI=1S/C41H53F2N5O7/c1-39(2,3)53-36(50)45-35(46-37(51)54-40(4,5)6)44-20-12-15-30-25-47(24-27-17-19-31(42)32(43)22-27)34(49)33(48(30)38(52)55-41(7,8)9)23-26-16-18-28-13-10-11-14-29(28)21-26/h10-11,13-14,16-19,21-22,30,33H,12,15,20,23-25H2,1-9H3,(H2,44,45,46,50,51)/t30-,33-/m1/s1. The van der Waals surface area contributed by atoms with Crippen LogP contribution in [0.5, 0.6) is 0 Å². The van der Waals surface area contributed by atoms with Gasteiger partial charge < -0.3 is 19.1 Å². The Labute approximate surface area is 321 Å². The molecule has 55 heavy (non-hydrogen) atoms. The van der Waals surface area contributed by atoms with Crippen LogP contribution in [0.4, 0.5) is 23.2 Å². The minimum Gasteiger partial charge on any atom is -0.444 e. The van der Waals surface area contributed by atoms with Crippen LogP contribution in [0, 0.1) is 11.6 Å². The van der Waals surface area contributed by atoms with Gasteiger partial charge >= 0.3 is 18.3 Å². The molecule has 0 saturated carbocycles. The monoisotopic (exact) mass is 765 g/mol. The molecule has 1 fully saturated rings. The fourth-order valence-electron chi connectivity index (χ4n) is 6.04. The fourth-order valence-corrected chi connectivity index (χ4v) is 6.04. The van der Waals surface area contributed by atoms with Gasteiger partial charge in [0.1, 0.15) is 22.8 Å². The number of fused-ring (bicyclic) bond motifs is 1. The summed E-state index contributed by atoms with van der Waals surface area (Å²) in [4.78, 5) is 61.1. The number of benzene rings is 3. The molecular formula is C41H53F2N5O7. The molecule has 2 N–H and O–H groups in total. The summed E-state index contributed by atoms with van der Waals surface area (Å²) in [5.74, 6) is -2.60. The highest BCUT2D eigenvalue weighted by molar-refractivity contribution is 6.01. The third-order valence-electron chi connectivity index (χ3n) is 8.17. The first-order chi connectivity index (χ1) is 25.6. The lowest BCUT2D eigenvalue weighted by Gasteiger charge is -2.46. The van der Waals surface area contributed by atoms with Gasteiger partial charge in [-0.15, -0.1) is 0 Å². The van der Waals surface area contributed by atoms with Crippen LogP contribution in [0.15, 0.2) is 65.7 Å².